The van der Waals surface area contributed by atoms with Gasteiger partial charge >= 0.3 is 0 Å². The molecule has 22 rings (SSSR count). The molecule has 4 aliphatic rings. The maximum absolute atomic E-state index is 10.7. The molecule has 4 heterocycles. The van der Waals surface area contributed by atoms with Crippen molar-refractivity contribution in [2.75, 3.05) is 9.80 Å². The number of nitrogens with zero attached hydrogens (tertiary/aromatic N) is 10. The van der Waals surface area contributed by atoms with Crippen LogP contribution in [0.4, 0.5) is 34.1 Å². The molecule has 0 amide bonds. The van der Waals surface area contributed by atoms with Crippen LogP contribution in [0.2, 0.25) is 0 Å². The van der Waals surface area contributed by atoms with Gasteiger partial charge in [0.1, 0.15) is 0 Å². The van der Waals surface area contributed by atoms with Gasteiger partial charge in [-0.15, -0.1) is 0 Å². The normalized spacial score (nSPS) is 12.9. The maximum Gasteiger partial charge on any atom is 0.164 e. The first-order valence-corrected chi connectivity index (χ1v) is 39.7. The fraction of sp³-hybridized carbons (Fsp3) is 0.0370. The maximum atomic E-state index is 10.7. The molecule has 0 radical (unpaired) electrons. The lowest BCUT2D eigenvalue weighted by atomic mass is 9.64. The average molecular weight is 1510 g/mol. The SMILES string of the molecule is Cc1ccc2c(c1)-c1cc(C)ccc1C21c2ccccc2N(c2cc(C#N)cc(-c3nc(-c4ccccc4)nc(-c4ccccc4)n3)c2)c2ccccc21.N#Cc1cc(-c2nc(-c3ccccc3)nc(-c3ccccc3)n2)cc(N2c3ccccc3C3(c4ccc(-c5ccccc5)cc4-c4cc(-c5ccccc5)ccc43)c3ccccc32)c1. The van der Waals surface area contributed by atoms with Crippen molar-refractivity contribution in [1.82, 2.24) is 29.9 Å². The van der Waals surface area contributed by atoms with Crippen molar-refractivity contribution >= 4 is 34.1 Å². The van der Waals surface area contributed by atoms with Crippen LogP contribution in [-0.4, -0.2) is 29.9 Å². The van der Waals surface area contributed by atoms with Crippen LogP contribution in [-0.2, 0) is 10.8 Å². The van der Waals surface area contributed by atoms with Crippen LogP contribution in [0.3, 0.4) is 0 Å². The summed E-state index contributed by atoms with van der Waals surface area (Å²) in [5.74, 6) is 3.26. The van der Waals surface area contributed by atoms with Crippen LogP contribution in [0.15, 0.2) is 388 Å². The summed E-state index contributed by atoms with van der Waals surface area (Å²) < 4.78 is 0. The number of para-hydroxylation sites is 4. The summed E-state index contributed by atoms with van der Waals surface area (Å²) in [7, 11) is 0. The molecular weight excluding hydrogens is 1440 g/mol. The predicted molar refractivity (Wildman–Crippen MR) is 473 cm³/mol. The topological polar surface area (TPSA) is 131 Å². The molecule has 18 aromatic rings. The minimum absolute atomic E-state index is 0.489. The molecule has 0 saturated heterocycles. The highest BCUT2D eigenvalue weighted by Gasteiger charge is 2.54. The highest BCUT2D eigenvalue weighted by molar-refractivity contribution is 6.00. The van der Waals surface area contributed by atoms with E-state index >= 15 is 0 Å². The first kappa shape index (κ1) is 70.0. The molecule has 0 bridgehead atoms. The Balaban J connectivity index is 0.000000149. The lowest BCUT2D eigenvalue weighted by molar-refractivity contribution is 0.752. The van der Waals surface area contributed by atoms with Crippen molar-refractivity contribution in [2.24, 2.45) is 0 Å². The molecule has 0 saturated carbocycles. The van der Waals surface area contributed by atoms with Crippen LogP contribution >= 0.6 is 0 Å². The van der Waals surface area contributed by atoms with Gasteiger partial charge in [0.25, 0.3) is 0 Å². The van der Waals surface area contributed by atoms with E-state index in [0.29, 0.717) is 46.1 Å². The molecule has 2 aromatic heterocycles. The third-order valence-corrected chi connectivity index (χ3v) is 23.5. The minimum atomic E-state index is -0.641. The smallest absolute Gasteiger partial charge is 0.164 e. The fourth-order valence-corrected chi connectivity index (χ4v) is 18.5. The van der Waals surface area contributed by atoms with Gasteiger partial charge in [0, 0.05) is 44.8 Å². The highest BCUT2D eigenvalue weighted by Crippen LogP contribution is 2.66. The minimum Gasteiger partial charge on any atom is -0.310 e. The largest absolute Gasteiger partial charge is 0.310 e. The van der Waals surface area contributed by atoms with E-state index in [0.717, 1.165) is 78.6 Å². The van der Waals surface area contributed by atoms with Gasteiger partial charge in [-0.25, -0.2) is 29.9 Å². The summed E-state index contributed by atoms with van der Waals surface area (Å²) in [6, 6.07) is 141. The van der Waals surface area contributed by atoms with Gasteiger partial charge in [-0.2, -0.15) is 10.5 Å². The molecule has 2 aliphatic carbocycles. The monoisotopic (exact) mass is 1510 g/mol. The van der Waals surface area contributed by atoms with Crippen molar-refractivity contribution in [3.63, 3.8) is 0 Å². The number of nitriles is 2. The molecular formula is C108H70N10. The van der Waals surface area contributed by atoms with E-state index in [9.17, 15) is 10.5 Å². The zero-order valence-corrected chi connectivity index (χ0v) is 64.4. The van der Waals surface area contributed by atoms with Gasteiger partial charge < -0.3 is 9.80 Å². The molecule has 0 unspecified atom stereocenters. The van der Waals surface area contributed by atoms with Crippen molar-refractivity contribution in [2.45, 2.75) is 24.7 Å². The quantitative estimate of drug-likeness (QED) is 0.130. The molecule has 16 aromatic carbocycles. The number of anilines is 6. The molecule has 0 atom stereocenters. The van der Waals surface area contributed by atoms with Gasteiger partial charge in [-0.1, -0.05) is 327 Å². The third kappa shape index (κ3) is 11.5. The van der Waals surface area contributed by atoms with Crippen LogP contribution in [0.1, 0.15) is 66.8 Å². The second-order valence-corrected chi connectivity index (χ2v) is 30.4. The lowest BCUT2D eigenvalue weighted by Crippen LogP contribution is -2.36. The standard InChI is InChI=1S/C59H37N5.C49H33N5/c60-38-39-33-46(58-62-56(42-21-9-3-10-22-42)61-57(63-58)43-23-11-4-12-24-43)35-47(34-39)64-54-27-15-13-25-52(54)59(53-26-14-16-28-55(53)64)50-31-29-44(40-17-5-1-6-18-40)36-48(50)49-37-45(30-32-51(49)59)41-19-7-2-8-20-41;1-31-21-23-40-38(25-31)39-26-32(2)22-24-41(39)49(40)42-17-9-11-19-44(42)54(45-20-12-10-18-43(45)49)37-28-33(30-50)27-36(29-37)48-52-46(34-13-5-3-6-14-34)51-47(53-48)35-15-7-4-8-16-35/h1-37H;3-29H,1-2H3. The Kier molecular flexibility index (Phi) is 17.0. The second-order valence-electron chi connectivity index (χ2n) is 30.4. The number of aryl methyl sites for hydroxylation is 2. The number of fused-ring (bicyclic) bond motifs is 18. The number of hydrogen-bond donors (Lipinski definition) is 0. The molecule has 0 N–H and O–H groups in total. The van der Waals surface area contributed by atoms with Gasteiger partial charge in [0.05, 0.1) is 56.8 Å². The van der Waals surface area contributed by atoms with Crippen LogP contribution in [0, 0.1) is 36.5 Å². The second kappa shape index (κ2) is 28.6. The molecule has 10 nitrogen and oxygen atoms in total. The van der Waals surface area contributed by atoms with E-state index in [1.54, 1.807) is 0 Å². The van der Waals surface area contributed by atoms with Crippen molar-refractivity contribution < 1.29 is 0 Å². The first-order chi connectivity index (χ1) is 58.2. The molecule has 2 spiro atoms. The lowest BCUT2D eigenvalue weighted by Gasteiger charge is -2.45. The summed E-state index contributed by atoms with van der Waals surface area (Å²) in [6.07, 6.45) is 0. The summed E-state index contributed by atoms with van der Waals surface area (Å²) in [5.41, 5.74) is 32.7. The average Bonchev–Trinajstić information content (AvgIpc) is 1.49. The summed E-state index contributed by atoms with van der Waals surface area (Å²) in [4.78, 5) is 34.6. The van der Waals surface area contributed by atoms with Gasteiger partial charge in [0.2, 0.25) is 0 Å². The van der Waals surface area contributed by atoms with E-state index in [1.165, 1.54) is 89.0 Å². The van der Waals surface area contributed by atoms with Crippen molar-refractivity contribution in [3.8, 4) is 125 Å². The van der Waals surface area contributed by atoms with Crippen molar-refractivity contribution in [3.05, 3.63) is 455 Å². The number of rotatable bonds is 10. The zero-order chi connectivity index (χ0) is 79.0. The van der Waals surface area contributed by atoms with Gasteiger partial charge in [-0.05, 0) is 176 Å². The Morgan fingerprint density at radius 1 is 0.212 bits per heavy atom. The number of aromatic nitrogens is 6. The van der Waals surface area contributed by atoms with E-state index in [-0.39, 0.29) is 0 Å². The van der Waals surface area contributed by atoms with E-state index < -0.39 is 10.8 Å². The predicted octanol–water partition coefficient (Wildman–Crippen LogP) is 25.7. The van der Waals surface area contributed by atoms with E-state index in [1.807, 2.05) is 146 Å². The van der Waals surface area contributed by atoms with Gasteiger partial charge in [-0.3, -0.25) is 0 Å². The molecule has 118 heavy (non-hydrogen) atoms. The van der Waals surface area contributed by atoms with Crippen LogP contribution < -0.4 is 9.80 Å². The summed E-state index contributed by atoms with van der Waals surface area (Å²) >= 11 is 0. The number of hydrogen-bond acceptors (Lipinski definition) is 10. The fourth-order valence-electron chi connectivity index (χ4n) is 18.5. The Labute approximate surface area is 684 Å². The molecule has 552 valence electrons. The third-order valence-electron chi connectivity index (χ3n) is 23.5. The Morgan fingerprint density at radius 3 is 0.746 bits per heavy atom. The summed E-state index contributed by atoms with van der Waals surface area (Å²) in [6.45, 7) is 4.34. The van der Waals surface area contributed by atoms with Gasteiger partial charge in [0.15, 0.2) is 34.9 Å². The highest BCUT2D eigenvalue weighted by atomic mass is 15.2. The zero-order valence-electron chi connectivity index (χ0n) is 64.4. The van der Waals surface area contributed by atoms with Crippen LogP contribution in [0.5, 0.6) is 0 Å². The Bertz CT molecular complexity index is 6760. The van der Waals surface area contributed by atoms with E-state index in [2.05, 4.69) is 278 Å². The van der Waals surface area contributed by atoms with Crippen molar-refractivity contribution in [1.29, 1.82) is 10.5 Å². The molecule has 0 fully saturated rings. The molecule has 10 heteroatoms. The van der Waals surface area contributed by atoms with Crippen LogP contribution in [0.25, 0.3) is 113 Å². The molecule has 2 aliphatic heterocycles. The summed E-state index contributed by atoms with van der Waals surface area (Å²) in [5, 5.41) is 21.2. The Hall–Kier alpha value is -15.9. The van der Waals surface area contributed by atoms with E-state index in [4.69, 9.17) is 29.9 Å². The Morgan fingerprint density at radius 2 is 0.458 bits per heavy atom. The first-order valence-electron chi connectivity index (χ1n) is 39.7. The number of benzene rings is 16.